The molecular weight excluding hydrogens is 271 g/mol. The fraction of sp³-hybridized carbons (Fsp3) is 0.222. The van der Waals surface area contributed by atoms with Gasteiger partial charge in [0.15, 0.2) is 0 Å². The van der Waals surface area contributed by atoms with Crippen molar-refractivity contribution in [2.75, 3.05) is 6.61 Å². The average molecular weight is 278 g/mol. The van der Waals surface area contributed by atoms with Crippen LogP contribution in [0.2, 0.25) is 5.02 Å². The third-order valence-corrected chi connectivity index (χ3v) is 3.38. The average Bonchev–Trinajstić information content (AvgIpc) is 2.59. The van der Waals surface area contributed by atoms with Gasteiger partial charge in [0.25, 0.3) is 0 Å². The van der Waals surface area contributed by atoms with Crippen LogP contribution in [0.4, 0.5) is 0 Å². The Morgan fingerprint density at radius 3 is 3.00 bits per heavy atom. The molecule has 0 fully saturated rings. The van der Waals surface area contributed by atoms with Gasteiger partial charge in [0, 0.05) is 16.5 Å². The third-order valence-electron chi connectivity index (χ3n) is 2.09. The van der Waals surface area contributed by atoms with Crippen LogP contribution in [-0.2, 0) is 6.42 Å². The van der Waals surface area contributed by atoms with E-state index in [-0.39, 0.29) is 5.56 Å². The number of fused-ring (bicyclic) bond motifs is 1. The first kappa shape index (κ1) is 9.80. The summed E-state index contributed by atoms with van der Waals surface area (Å²) < 4.78 is 5.84. The minimum Gasteiger partial charge on any atom is -0.492 e. The fourth-order valence-corrected chi connectivity index (χ4v) is 2.17. The summed E-state index contributed by atoms with van der Waals surface area (Å²) in [6.07, 6.45) is 0.661. The van der Waals surface area contributed by atoms with Crippen molar-refractivity contribution in [1.82, 2.24) is 0 Å². The Bertz CT molecular complexity index is 417. The van der Waals surface area contributed by atoms with E-state index in [1.54, 1.807) is 0 Å². The highest BCUT2D eigenvalue weighted by atomic mass is 79.9. The van der Waals surface area contributed by atoms with E-state index in [0.29, 0.717) is 28.3 Å². The summed E-state index contributed by atoms with van der Waals surface area (Å²) in [6, 6.07) is 1.47. The van der Waals surface area contributed by atoms with Gasteiger partial charge in [0.2, 0.25) is 0 Å². The second kappa shape index (κ2) is 3.44. The number of carbonyl (C=O) groups is 1. The molecule has 1 aromatic rings. The van der Waals surface area contributed by atoms with Crippen LogP contribution in [0.5, 0.6) is 5.75 Å². The van der Waals surface area contributed by atoms with E-state index < -0.39 is 5.97 Å². The van der Waals surface area contributed by atoms with Crippen LogP contribution in [-0.4, -0.2) is 17.7 Å². The van der Waals surface area contributed by atoms with E-state index >= 15 is 0 Å². The summed E-state index contributed by atoms with van der Waals surface area (Å²) in [5, 5.41) is 9.46. The number of carboxylic acid groups (broad SMARTS) is 1. The van der Waals surface area contributed by atoms with Crippen molar-refractivity contribution in [1.29, 1.82) is 0 Å². The summed E-state index contributed by atoms with van der Waals surface area (Å²) in [5.41, 5.74) is 0.937. The van der Waals surface area contributed by atoms with Crippen molar-refractivity contribution in [2.45, 2.75) is 6.42 Å². The number of rotatable bonds is 1. The first-order valence-electron chi connectivity index (χ1n) is 3.98. The maximum Gasteiger partial charge on any atom is 0.339 e. The lowest BCUT2D eigenvalue weighted by Gasteiger charge is -2.06. The van der Waals surface area contributed by atoms with Crippen molar-refractivity contribution in [2.24, 2.45) is 0 Å². The van der Waals surface area contributed by atoms with Gasteiger partial charge in [-0.3, -0.25) is 0 Å². The zero-order valence-corrected chi connectivity index (χ0v) is 9.35. The van der Waals surface area contributed by atoms with E-state index in [1.165, 1.54) is 6.07 Å². The molecule has 14 heavy (non-hydrogen) atoms. The van der Waals surface area contributed by atoms with Crippen molar-refractivity contribution in [3.05, 3.63) is 26.7 Å². The van der Waals surface area contributed by atoms with E-state index in [0.717, 1.165) is 5.56 Å². The second-order valence-corrected chi connectivity index (χ2v) is 4.16. The molecule has 0 unspecified atom stereocenters. The first-order valence-corrected chi connectivity index (χ1v) is 5.15. The normalized spacial score (nSPS) is 13.6. The van der Waals surface area contributed by atoms with Crippen LogP contribution < -0.4 is 4.74 Å². The third kappa shape index (κ3) is 1.38. The smallest absolute Gasteiger partial charge is 0.339 e. The van der Waals surface area contributed by atoms with Gasteiger partial charge < -0.3 is 9.84 Å². The number of hydrogen-bond donors (Lipinski definition) is 1. The lowest BCUT2D eigenvalue weighted by molar-refractivity contribution is 0.0693. The molecule has 5 heteroatoms. The monoisotopic (exact) mass is 276 g/mol. The fourth-order valence-electron chi connectivity index (χ4n) is 1.46. The number of halogens is 2. The topological polar surface area (TPSA) is 46.5 Å². The molecule has 1 aliphatic heterocycles. The molecule has 1 heterocycles. The zero-order valence-electron chi connectivity index (χ0n) is 7.01. The Hall–Kier alpha value is -0.740. The second-order valence-electron chi connectivity index (χ2n) is 2.93. The predicted octanol–water partition coefficient (Wildman–Crippen LogP) is 2.74. The Kier molecular flexibility index (Phi) is 2.41. The van der Waals surface area contributed by atoms with Gasteiger partial charge in [0.1, 0.15) is 11.3 Å². The van der Waals surface area contributed by atoms with E-state index in [4.69, 9.17) is 21.4 Å². The van der Waals surface area contributed by atoms with Gasteiger partial charge in [-0.25, -0.2) is 4.79 Å². The molecule has 0 aromatic heterocycles. The molecule has 0 saturated carbocycles. The van der Waals surface area contributed by atoms with Crippen molar-refractivity contribution in [3.8, 4) is 5.75 Å². The van der Waals surface area contributed by atoms with Gasteiger partial charge in [-0.1, -0.05) is 11.6 Å². The number of benzene rings is 1. The highest BCUT2D eigenvalue weighted by Gasteiger charge is 2.24. The van der Waals surface area contributed by atoms with Gasteiger partial charge in [0.05, 0.1) is 11.6 Å². The number of hydrogen-bond acceptors (Lipinski definition) is 2. The van der Waals surface area contributed by atoms with Crippen LogP contribution in [0.25, 0.3) is 0 Å². The van der Waals surface area contributed by atoms with E-state index in [9.17, 15) is 4.79 Å². The van der Waals surface area contributed by atoms with Crippen LogP contribution in [0.15, 0.2) is 10.5 Å². The first-order chi connectivity index (χ1) is 6.61. The molecule has 0 saturated heterocycles. The molecule has 1 aromatic carbocycles. The Labute approximate surface area is 93.8 Å². The molecule has 0 atom stereocenters. The summed E-state index contributed by atoms with van der Waals surface area (Å²) in [4.78, 5) is 10.9. The van der Waals surface area contributed by atoms with Gasteiger partial charge in [-0.15, -0.1) is 0 Å². The molecule has 0 bridgehead atoms. The molecule has 1 aliphatic rings. The van der Waals surface area contributed by atoms with E-state index in [1.807, 2.05) is 0 Å². The molecule has 0 spiro atoms. The molecule has 74 valence electrons. The Morgan fingerprint density at radius 1 is 1.64 bits per heavy atom. The number of carboxylic acids is 1. The van der Waals surface area contributed by atoms with Crippen LogP contribution in [0, 0.1) is 0 Å². The summed E-state index contributed by atoms with van der Waals surface area (Å²) in [7, 11) is 0. The number of aromatic carboxylic acids is 1. The van der Waals surface area contributed by atoms with Crippen molar-refractivity contribution in [3.63, 3.8) is 0 Å². The zero-order chi connectivity index (χ0) is 10.3. The summed E-state index contributed by atoms with van der Waals surface area (Å²) >= 11 is 9.21. The van der Waals surface area contributed by atoms with Gasteiger partial charge in [-0.2, -0.15) is 0 Å². The highest BCUT2D eigenvalue weighted by Crippen LogP contribution is 2.39. The standard InChI is InChI=1S/C9H6BrClO3/c10-6-3-5(9(12)13)8-4(7(6)11)1-2-14-8/h3H,1-2H2,(H,12,13). The molecule has 0 radical (unpaired) electrons. The molecule has 0 aliphatic carbocycles. The van der Waals surface area contributed by atoms with Gasteiger partial charge in [-0.05, 0) is 22.0 Å². The van der Waals surface area contributed by atoms with Crippen LogP contribution >= 0.6 is 27.5 Å². The highest BCUT2D eigenvalue weighted by molar-refractivity contribution is 9.10. The molecule has 2 rings (SSSR count). The van der Waals surface area contributed by atoms with Crippen LogP contribution in [0.1, 0.15) is 15.9 Å². The lowest BCUT2D eigenvalue weighted by Crippen LogP contribution is -2.00. The SMILES string of the molecule is O=C(O)c1cc(Br)c(Cl)c2c1OCC2. The maximum atomic E-state index is 10.9. The molecule has 3 nitrogen and oxygen atoms in total. The lowest BCUT2D eigenvalue weighted by atomic mass is 10.1. The largest absolute Gasteiger partial charge is 0.492 e. The molecular formula is C9H6BrClO3. The Balaban J connectivity index is 2.70. The van der Waals surface area contributed by atoms with Gasteiger partial charge >= 0.3 is 5.97 Å². The van der Waals surface area contributed by atoms with Crippen molar-refractivity contribution < 1.29 is 14.6 Å². The summed E-state index contributed by atoms with van der Waals surface area (Å²) in [6.45, 7) is 0.492. The van der Waals surface area contributed by atoms with Crippen LogP contribution in [0.3, 0.4) is 0 Å². The van der Waals surface area contributed by atoms with Crippen molar-refractivity contribution >= 4 is 33.5 Å². The minimum atomic E-state index is -1.000. The van der Waals surface area contributed by atoms with E-state index in [2.05, 4.69) is 15.9 Å². The predicted molar refractivity (Wildman–Crippen MR) is 55.3 cm³/mol. The molecule has 0 amide bonds. The quantitative estimate of drug-likeness (QED) is 0.858. The summed E-state index contributed by atoms with van der Waals surface area (Å²) in [5.74, 6) is -0.591. The minimum absolute atomic E-state index is 0.161. The number of ether oxygens (including phenoxy) is 1. The maximum absolute atomic E-state index is 10.9. The molecule has 1 N–H and O–H groups in total. The Morgan fingerprint density at radius 2 is 2.36 bits per heavy atom.